The summed E-state index contributed by atoms with van der Waals surface area (Å²) in [5.41, 5.74) is 3.15. The summed E-state index contributed by atoms with van der Waals surface area (Å²) in [4.78, 5) is 19.9. The maximum Gasteiger partial charge on any atom is 0.227 e. The normalized spacial score (nSPS) is 16.0. The molecule has 5 nitrogen and oxygen atoms in total. The minimum Gasteiger partial charge on any atom is -0.494 e. The van der Waals surface area contributed by atoms with Crippen molar-refractivity contribution in [3.63, 3.8) is 0 Å². The monoisotopic (exact) mass is 461 g/mol. The number of anilines is 1. The smallest absolute Gasteiger partial charge is 0.227 e. The second kappa shape index (κ2) is 12.0. The lowest BCUT2D eigenvalue weighted by Crippen LogP contribution is -2.24. The van der Waals surface area contributed by atoms with Gasteiger partial charge in [0, 0.05) is 31.1 Å². The van der Waals surface area contributed by atoms with E-state index in [0.29, 0.717) is 19.6 Å². The second-order valence-electron chi connectivity index (χ2n) is 9.42. The number of aryl methyl sites for hydroxylation is 1. The van der Waals surface area contributed by atoms with Crippen LogP contribution in [0.15, 0.2) is 48.5 Å². The van der Waals surface area contributed by atoms with Gasteiger partial charge in [0.2, 0.25) is 5.91 Å². The molecule has 5 heteroatoms. The number of para-hydroxylation sites is 2. The Morgan fingerprint density at radius 3 is 2.35 bits per heavy atom. The first kappa shape index (κ1) is 24.3. The van der Waals surface area contributed by atoms with E-state index in [2.05, 4.69) is 29.7 Å². The largest absolute Gasteiger partial charge is 0.494 e. The molecule has 34 heavy (non-hydrogen) atoms. The fourth-order valence-electron chi connectivity index (χ4n) is 5.06. The number of unbranched alkanes of at least 4 members (excludes halogenated alkanes) is 7. The molecule has 0 spiro atoms. The fourth-order valence-corrected chi connectivity index (χ4v) is 5.06. The highest BCUT2D eigenvalue weighted by Crippen LogP contribution is 2.34. The summed E-state index contributed by atoms with van der Waals surface area (Å²) in [7, 11) is 0. The molecule has 1 aromatic heterocycles. The molecule has 0 aliphatic carbocycles. The number of aromatic nitrogens is 2. The molecule has 0 bridgehead atoms. The second-order valence-corrected chi connectivity index (χ2v) is 9.42. The van der Waals surface area contributed by atoms with E-state index in [1.807, 2.05) is 42.2 Å². The van der Waals surface area contributed by atoms with Crippen molar-refractivity contribution in [1.82, 2.24) is 9.55 Å². The van der Waals surface area contributed by atoms with Gasteiger partial charge in [-0.15, -0.1) is 0 Å². The van der Waals surface area contributed by atoms with Gasteiger partial charge in [-0.2, -0.15) is 0 Å². The quantitative estimate of drug-likeness (QED) is 0.255. The molecule has 1 saturated heterocycles. The number of hydrogen-bond donors (Lipinski definition) is 0. The van der Waals surface area contributed by atoms with Gasteiger partial charge in [-0.3, -0.25) is 4.79 Å². The lowest BCUT2D eigenvalue weighted by molar-refractivity contribution is -0.117. The molecule has 2 aromatic carbocycles. The zero-order valence-corrected chi connectivity index (χ0v) is 20.8. The first-order valence-electron chi connectivity index (χ1n) is 13.2. The highest BCUT2D eigenvalue weighted by atomic mass is 16.5. The van der Waals surface area contributed by atoms with E-state index in [1.165, 1.54) is 50.5 Å². The topological polar surface area (TPSA) is 47.4 Å². The Labute approximate surface area is 204 Å². The summed E-state index contributed by atoms with van der Waals surface area (Å²) >= 11 is 0. The van der Waals surface area contributed by atoms with Crippen LogP contribution in [0.1, 0.15) is 83.4 Å². The maximum atomic E-state index is 13.0. The molecule has 182 valence electrons. The number of carbonyl (C=O) groups is 1. The number of hydrogen-bond acceptors (Lipinski definition) is 3. The maximum absolute atomic E-state index is 13.0. The van der Waals surface area contributed by atoms with Crippen LogP contribution in [0.3, 0.4) is 0 Å². The van der Waals surface area contributed by atoms with E-state index in [4.69, 9.17) is 9.72 Å². The Bertz CT molecular complexity index is 1060. The van der Waals surface area contributed by atoms with Crippen LogP contribution in [0.2, 0.25) is 0 Å². The number of imidazole rings is 1. The Hall–Kier alpha value is -2.82. The van der Waals surface area contributed by atoms with Crippen molar-refractivity contribution in [2.75, 3.05) is 18.1 Å². The van der Waals surface area contributed by atoms with Gasteiger partial charge in [0.1, 0.15) is 11.6 Å². The van der Waals surface area contributed by atoms with Crippen molar-refractivity contribution >= 4 is 22.6 Å². The summed E-state index contributed by atoms with van der Waals surface area (Å²) in [6.45, 7) is 6.52. The van der Waals surface area contributed by atoms with E-state index in [-0.39, 0.29) is 11.8 Å². The predicted molar refractivity (Wildman–Crippen MR) is 140 cm³/mol. The zero-order valence-electron chi connectivity index (χ0n) is 20.8. The highest BCUT2D eigenvalue weighted by Gasteiger charge is 2.34. The van der Waals surface area contributed by atoms with Gasteiger partial charge in [-0.1, -0.05) is 64.0 Å². The first-order valence-corrected chi connectivity index (χ1v) is 13.2. The molecule has 0 saturated carbocycles. The third kappa shape index (κ3) is 5.81. The van der Waals surface area contributed by atoms with Crippen LogP contribution in [-0.2, 0) is 11.3 Å². The van der Waals surface area contributed by atoms with Crippen molar-refractivity contribution in [2.45, 2.75) is 84.1 Å². The van der Waals surface area contributed by atoms with Gasteiger partial charge in [-0.25, -0.2) is 4.98 Å². The van der Waals surface area contributed by atoms with Gasteiger partial charge in [0.15, 0.2) is 0 Å². The summed E-state index contributed by atoms with van der Waals surface area (Å²) in [6.07, 6.45) is 10.9. The molecule has 1 aliphatic rings. The van der Waals surface area contributed by atoms with Crippen molar-refractivity contribution in [3.05, 3.63) is 54.4 Å². The molecule has 4 rings (SSSR count). The van der Waals surface area contributed by atoms with Gasteiger partial charge in [-0.05, 0) is 49.7 Å². The van der Waals surface area contributed by atoms with Crippen LogP contribution in [0.5, 0.6) is 5.75 Å². The molecule has 1 unspecified atom stereocenters. The van der Waals surface area contributed by atoms with Gasteiger partial charge >= 0.3 is 0 Å². The third-order valence-corrected chi connectivity index (χ3v) is 6.87. The molecule has 1 amide bonds. The van der Waals surface area contributed by atoms with E-state index in [1.54, 1.807) is 0 Å². The van der Waals surface area contributed by atoms with Crippen LogP contribution in [0.25, 0.3) is 11.0 Å². The zero-order chi connectivity index (χ0) is 23.8. The van der Waals surface area contributed by atoms with E-state index < -0.39 is 0 Å². The minimum absolute atomic E-state index is 0.112. The first-order chi connectivity index (χ1) is 16.7. The molecule has 1 fully saturated rings. The average Bonchev–Trinajstić information content (AvgIpc) is 3.42. The van der Waals surface area contributed by atoms with Crippen LogP contribution in [0.4, 0.5) is 5.69 Å². The van der Waals surface area contributed by atoms with Crippen molar-refractivity contribution in [2.24, 2.45) is 0 Å². The average molecular weight is 462 g/mol. The highest BCUT2D eigenvalue weighted by molar-refractivity contribution is 5.96. The van der Waals surface area contributed by atoms with Crippen LogP contribution in [0, 0.1) is 0 Å². The van der Waals surface area contributed by atoms with Gasteiger partial charge in [0.05, 0.1) is 17.6 Å². The van der Waals surface area contributed by atoms with Crippen molar-refractivity contribution < 1.29 is 9.53 Å². The SMILES string of the molecule is CCCCCCCCCCn1c(C2CC(=O)N(c3ccc(OCC)cc3)C2)nc2ccccc21. The number of fused-ring (bicyclic) bond motifs is 1. The van der Waals surface area contributed by atoms with E-state index in [0.717, 1.165) is 35.7 Å². The lowest BCUT2D eigenvalue weighted by atomic mass is 10.1. The molecular formula is C29H39N3O2. The van der Waals surface area contributed by atoms with Crippen LogP contribution < -0.4 is 9.64 Å². The summed E-state index contributed by atoms with van der Waals surface area (Å²) in [5, 5.41) is 0. The number of rotatable bonds is 13. The standard InChI is InChI=1S/C29H39N3O2/c1-3-5-6-7-8-9-10-13-20-31-27-15-12-11-14-26(27)30-29(31)23-21-28(33)32(22-23)24-16-18-25(19-17-24)34-4-2/h11-12,14-19,23H,3-10,13,20-22H2,1-2H3. The molecule has 0 N–H and O–H groups in total. The lowest BCUT2D eigenvalue weighted by Gasteiger charge is -2.18. The number of ether oxygens (including phenoxy) is 1. The fraction of sp³-hybridized carbons (Fsp3) is 0.517. The molecule has 1 aliphatic heterocycles. The molecule has 1 atom stereocenters. The van der Waals surface area contributed by atoms with Crippen molar-refractivity contribution in [1.29, 1.82) is 0 Å². The Balaban J connectivity index is 1.43. The summed E-state index contributed by atoms with van der Waals surface area (Å²) < 4.78 is 7.93. The Kier molecular flexibility index (Phi) is 8.62. The number of amides is 1. The summed E-state index contributed by atoms with van der Waals surface area (Å²) in [5.74, 6) is 2.17. The molecule has 3 aromatic rings. The Morgan fingerprint density at radius 2 is 1.62 bits per heavy atom. The Morgan fingerprint density at radius 1 is 0.912 bits per heavy atom. The van der Waals surface area contributed by atoms with Crippen molar-refractivity contribution in [3.8, 4) is 5.75 Å². The summed E-state index contributed by atoms with van der Waals surface area (Å²) in [6, 6.07) is 16.2. The molecule has 2 heterocycles. The van der Waals surface area contributed by atoms with E-state index in [9.17, 15) is 4.79 Å². The molecule has 0 radical (unpaired) electrons. The van der Waals surface area contributed by atoms with E-state index >= 15 is 0 Å². The third-order valence-electron chi connectivity index (χ3n) is 6.87. The molecular weight excluding hydrogens is 422 g/mol. The van der Waals surface area contributed by atoms with Gasteiger partial charge < -0.3 is 14.2 Å². The number of nitrogens with zero attached hydrogens (tertiary/aromatic N) is 3. The number of carbonyl (C=O) groups excluding carboxylic acids is 1. The predicted octanol–water partition coefficient (Wildman–Crippen LogP) is 7.10. The number of benzene rings is 2. The van der Waals surface area contributed by atoms with Gasteiger partial charge in [0.25, 0.3) is 0 Å². The minimum atomic E-state index is 0.112. The van der Waals surface area contributed by atoms with Crippen LogP contribution in [-0.4, -0.2) is 28.6 Å². The van der Waals surface area contributed by atoms with Crippen LogP contribution >= 0.6 is 0 Å².